The Hall–Kier alpha value is -2.07. The predicted molar refractivity (Wildman–Crippen MR) is 73.1 cm³/mol. The fourth-order valence-electron chi connectivity index (χ4n) is 2.41. The van der Waals surface area contributed by atoms with Crippen molar-refractivity contribution >= 4 is 0 Å². The Morgan fingerprint density at radius 1 is 1.00 bits per heavy atom. The molecule has 18 heavy (non-hydrogen) atoms. The standard InChI is InChI=1S/C17H15N/c1-13-4-2-5-14(10-13)15-6-3-7-16(11-15)17(12-18)8-9-17/h2-7,10-11H,8-9H2,1H3. The zero-order valence-corrected chi connectivity index (χ0v) is 10.5. The molecule has 0 bridgehead atoms. The van der Waals surface area contributed by atoms with Crippen LogP contribution in [0.4, 0.5) is 0 Å². The summed E-state index contributed by atoms with van der Waals surface area (Å²) in [5, 5.41) is 9.27. The quantitative estimate of drug-likeness (QED) is 0.762. The highest BCUT2D eigenvalue weighted by Crippen LogP contribution is 2.48. The molecule has 2 aromatic rings. The normalized spacial score (nSPS) is 16.0. The zero-order valence-electron chi connectivity index (χ0n) is 10.5. The molecule has 88 valence electrons. The maximum atomic E-state index is 9.27. The van der Waals surface area contributed by atoms with Gasteiger partial charge in [0.25, 0.3) is 0 Å². The molecular weight excluding hydrogens is 218 g/mol. The van der Waals surface area contributed by atoms with E-state index in [4.69, 9.17) is 0 Å². The highest BCUT2D eigenvalue weighted by atomic mass is 14.5. The lowest BCUT2D eigenvalue weighted by atomic mass is 9.93. The summed E-state index contributed by atoms with van der Waals surface area (Å²) in [5.74, 6) is 0. The summed E-state index contributed by atoms with van der Waals surface area (Å²) in [4.78, 5) is 0. The molecule has 1 heteroatoms. The molecule has 1 saturated carbocycles. The number of rotatable bonds is 2. The van der Waals surface area contributed by atoms with Gasteiger partial charge in [-0.3, -0.25) is 0 Å². The van der Waals surface area contributed by atoms with Gasteiger partial charge >= 0.3 is 0 Å². The Balaban J connectivity index is 2.05. The van der Waals surface area contributed by atoms with E-state index in [0.29, 0.717) is 0 Å². The van der Waals surface area contributed by atoms with E-state index in [1.54, 1.807) is 0 Å². The molecule has 0 heterocycles. The molecule has 0 unspecified atom stereocenters. The van der Waals surface area contributed by atoms with Gasteiger partial charge in [-0.1, -0.05) is 48.0 Å². The van der Waals surface area contributed by atoms with Crippen LogP contribution < -0.4 is 0 Å². The summed E-state index contributed by atoms with van der Waals surface area (Å²) in [7, 11) is 0. The van der Waals surface area contributed by atoms with Gasteiger partial charge < -0.3 is 0 Å². The van der Waals surface area contributed by atoms with Crippen molar-refractivity contribution in [3.8, 4) is 17.2 Å². The molecule has 0 spiro atoms. The third-order valence-corrected chi connectivity index (χ3v) is 3.73. The highest BCUT2D eigenvalue weighted by Gasteiger charge is 2.44. The van der Waals surface area contributed by atoms with E-state index in [0.717, 1.165) is 12.8 Å². The van der Waals surface area contributed by atoms with Crippen LogP contribution in [-0.4, -0.2) is 0 Å². The molecule has 1 aliphatic rings. The van der Waals surface area contributed by atoms with Crippen molar-refractivity contribution in [2.75, 3.05) is 0 Å². The molecule has 1 nitrogen and oxygen atoms in total. The predicted octanol–water partition coefficient (Wildman–Crippen LogP) is 4.22. The number of aryl methyl sites for hydroxylation is 1. The summed E-state index contributed by atoms with van der Waals surface area (Å²) in [6.45, 7) is 2.10. The fourth-order valence-corrected chi connectivity index (χ4v) is 2.41. The van der Waals surface area contributed by atoms with Crippen LogP contribution >= 0.6 is 0 Å². The molecule has 1 aliphatic carbocycles. The molecule has 0 aromatic heterocycles. The highest BCUT2D eigenvalue weighted by molar-refractivity contribution is 5.66. The molecule has 0 radical (unpaired) electrons. The average molecular weight is 233 g/mol. The molecule has 1 fully saturated rings. The largest absolute Gasteiger partial charge is 0.197 e. The molecule has 0 saturated heterocycles. The van der Waals surface area contributed by atoms with Gasteiger partial charge in [-0.15, -0.1) is 0 Å². The molecule has 0 N–H and O–H groups in total. The van der Waals surface area contributed by atoms with Crippen molar-refractivity contribution in [1.82, 2.24) is 0 Å². The number of nitrogens with zero attached hydrogens (tertiary/aromatic N) is 1. The second kappa shape index (κ2) is 3.99. The van der Waals surface area contributed by atoms with E-state index in [1.165, 1.54) is 22.3 Å². The molecule has 0 aliphatic heterocycles. The van der Waals surface area contributed by atoms with Gasteiger partial charge in [0.1, 0.15) is 0 Å². The van der Waals surface area contributed by atoms with Crippen LogP contribution in [0.5, 0.6) is 0 Å². The smallest absolute Gasteiger partial charge is 0.0824 e. The van der Waals surface area contributed by atoms with Gasteiger partial charge in [0.2, 0.25) is 0 Å². The Morgan fingerprint density at radius 2 is 1.67 bits per heavy atom. The number of hydrogen-bond acceptors (Lipinski definition) is 1. The third kappa shape index (κ3) is 1.80. The van der Waals surface area contributed by atoms with Crippen LogP contribution in [0.25, 0.3) is 11.1 Å². The Morgan fingerprint density at radius 3 is 2.28 bits per heavy atom. The summed E-state index contributed by atoms with van der Waals surface area (Å²) in [6, 6.07) is 19.4. The maximum absolute atomic E-state index is 9.27. The summed E-state index contributed by atoms with van der Waals surface area (Å²) in [5.41, 5.74) is 4.67. The third-order valence-electron chi connectivity index (χ3n) is 3.73. The molecule has 0 atom stereocenters. The van der Waals surface area contributed by atoms with Crippen LogP contribution in [0, 0.1) is 18.3 Å². The van der Waals surface area contributed by atoms with E-state index in [-0.39, 0.29) is 5.41 Å². The van der Waals surface area contributed by atoms with Crippen molar-refractivity contribution in [3.63, 3.8) is 0 Å². The van der Waals surface area contributed by atoms with E-state index < -0.39 is 0 Å². The first-order valence-electron chi connectivity index (χ1n) is 6.32. The van der Waals surface area contributed by atoms with Gasteiger partial charge in [-0.2, -0.15) is 5.26 Å². The lowest BCUT2D eigenvalue weighted by molar-refractivity contribution is 0.909. The van der Waals surface area contributed by atoms with Crippen LogP contribution in [-0.2, 0) is 5.41 Å². The van der Waals surface area contributed by atoms with Crippen molar-refractivity contribution in [3.05, 3.63) is 59.7 Å². The molecule has 2 aromatic carbocycles. The number of benzene rings is 2. The molecular formula is C17H15N. The van der Waals surface area contributed by atoms with E-state index in [1.807, 2.05) is 0 Å². The number of nitriles is 1. The SMILES string of the molecule is Cc1cccc(-c2cccc(C3(C#N)CC3)c2)c1. The van der Waals surface area contributed by atoms with Gasteiger partial charge in [0.05, 0.1) is 11.5 Å². The van der Waals surface area contributed by atoms with Crippen LogP contribution in [0.1, 0.15) is 24.0 Å². The van der Waals surface area contributed by atoms with E-state index in [9.17, 15) is 5.26 Å². The summed E-state index contributed by atoms with van der Waals surface area (Å²) < 4.78 is 0. The molecule has 0 amide bonds. The van der Waals surface area contributed by atoms with Crippen molar-refractivity contribution < 1.29 is 0 Å². The minimum atomic E-state index is -0.195. The Labute approximate surface area is 108 Å². The van der Waals surface area contributed by atoms with Crippen molar-refractivity contribution in [1.29, 1.82) is 5.26 Å². The van der Waals surface area contributed by atoms with Crippen molar-refractivity contribution in [2.24, 2.45) is 0 Å². The summed E-state index contributed by atoms with van der Waals surface area (Å²) >= 11 is 0. The lowest BCUT2D eigenvalue weighted by Gasteiger charge is -2.09. The van der Waals surface area contributed by atoms with E-state index >= 15 is 0 Å². The average Bonchev–Trinajstić information content (AvgIpc) is 3.20. The first kappa shape index (κ1) is 11.0. The monoisotopic (exact) mass is 233 g/mol. The lowest BCUT2D eigenvalue weighted by Crippen LogP contribution is -2.02. The van der Waals surface area contributed by atoms with Gasteiger partial charge in [-0.05, 0) is 42.5 Å². The Kier molecular flexibility index (Phi) is 2.45. The van der Waals surface area contributed by atoms with Crippen LogP contribution in [0.3, 0.4) is 0 Å². The summed E-state index contributed by atoms with van der Waals surface area (Å²) in [6.07, 6.45) is 2.00. The minimum absolute atomic E-state index is 0.195. The topological polar surface area (TPSA) is 23.8 Å². The number of hydrogen-bond donors (Lipinski definition) is 0. The first-order valence-corrected chi connectivity index (χ1v) is 6.32. The van der Waals surface area contributed by atoms with Crippen LogP contribution in [0.2, 0.25) is 0 Å². The fraction of sp³-hybridized carbons (Fsp3) is 0.235. The first-order chi connectivity index (χ1) is 8.73. The van der Waals surface area contributed by atoms with Gasteiger partial charge in [0.15, 0.2) is 0 Å². The minimum Gasteiger partial charge on any atom is -0.197 e. The zero-order chi connectivity index (χ0) is 12.6. The van der Waals surface area contributed by atoms with Gasteiger partial charge in [-0.25, -0.2) is 0 Å². The van der Waals surface area contributed by atoms with Gasteiger partial charge in [0, 0.05) is 0 Å². The maximum Gasteiger partial charge on any atom is 0.0824 e. The van der Waals surface area contributed by atoms with Crippen molar-refractivity contribution in [2.45, 2.75) is 25.2 Å². The molecule has 3 rings (SSSR count). The second-order valence-electron chi connectivity index (χ2n) is 5.14. The second-order valence-corrected chi connectivity index (χ2v) is 5.14. The Bertz CT molecular complexity index is 630. The van der Waals surface area contributed by atoms with Crippen LogP contribution in [0.15, 0.2) is 48.5 Å². The van der Waals surface area contributed by atoms with E-state index in [2.05, 4.69) is 61.5 Å².